The van der Waals surface area contributed by atoms with Crippen LogP contribution in [0.15, 0.2) is 65.1 Å². The van der Waals surface area contributed by atoms with Gasteiger partial charge in [0.1, 0.15) is 5.75 Å². The second-order valence-corrected chi connectivity index (χ2v) is 15.5. The largest absolute Gasteiger partial charge is 0.423 e. The van der Waals surface area contributed by atoms with Crippen molar-refractivity contribution in [3.63, 3.8) is 0 Å². The van der Waals surface area contributed by atoms with E-state index in [4.69, 9.17) is 4.74 Å². The Balaban J connectivity index is 2.40. The highest BCUT2D eigenvalue weighted by Crippen LogP contribution is 2.25. The molecular formula is C23H30O3SSi. The lowest BCUT2D eigenvalue weighted by molar-refractivity contribution is 0.0730. The summed E-state index contributed by atoms with van der Waals surface area (Å²) in [5, 5.41) is 0. The number of hydrogen-bond acceptors (Lipinski definition) is 3. The molecule has 2 aromatic rings. The van der Waals surface area contributed by atoms with Crippen LogP contribution in [0.1, 0.15) is 29.8 Å². The second-order valence-electron chi connectivity index (χ2n) is 8.34. The Morgan fingerprint density at radius 1 is 1.04 bits per heavy atom. The summed E-state index contributed by atoms with van der Waals surface area (Å²) in [6.07, 6.45) is 2.75. The molecular weight excluding hydrogens is 384 g/mol. The molecule has 1 unspecified atom stereocenters. The third-order valence-corrected chi connectivity index (χ3v) is 7.89. The van der Waals surface area contributed by atoms with Crippen LogP contribution in [0.25, 0.3) is 0 Å². The number of rotatable bonds is 8. The highest BCUT2D eigenvalue weighted by Gasteiger charge is 2.23. The number of benzene rings is 2. The maximum atomic E-state index is 13.2. The van der Waals surface area contributed by atoms with Gasteiger partial charge >= 0.3 is 5.97 Å². The Morgan fingerprint density at radius 2 is 1.71 bits per heavy atom. The smallest absolute Gasteiger partial charge is 0.344 e. The van der Waals surface area contributed by atoms with Crippen molar-refractivity contribution in [2.45, 2.75) is 50.8 Å². The molecule has 28 heavy (non-hydrogen) atoms. The zero-order chi connectivity index (χ0) is 20.7. The summed E-state index contributed by atoms with van der Waals surface area (Å²) < 4.78 is 18.8. The summed E-state index contributed by atoms with van der Waals surface area (Å²) in [6, 6.07) is 15.5. The number of hydrogen-bond donors (Lipinski definition) is 0. The number of esters is 1. The van der Waals surface area contributed by atoms with E-state index in [0.29, 0.717) is 28.4 Å². The summed E-state index contributed by atoms with van der Waals surface area (Å²) in [6.45, 7) is 10.9. The maximum absolute atomic E-state index is 13.2. The first-order valence-electron chi connectivity index (χ1n) is 9.58. The Hall–Kier alpha value is -1.98. The highest BCUT2D eigenvalue weighted by molar-refractivity contribution is 7.85. The van der Waals surface area contributed by atoms with Crippen LogP contribution < -0.4 is 4.74 Å². The Kier molecular flexibility index (Phi) is 7.95. The summed E-state index contributed by atoms with van der Waals surface area (Å²) in [5.74, 6) is 0.607. The fourth-order valence-corrected chi connectivity index (χ4v) is 6.88. The van der Waals surface area contributed by atoms with Gasteiger partial charge in [-0.3, -0.25) is 4.21 Å². The second kappa shape index (κ2) is 9.98. The molecule has 5 heteroatoms. The summed E-state index contributed by atoms with van der Waals surface area (Å²) in [5.41, 5.74) is 2.52. The number of carbonyl (C=O) groups is 1. The van der Waals surface area contributed by atoms with E-state index in [1.165, 1.54) is 5.57 Å². The third kappa shape index (κ3) is 6.88. The van der Waals surface area contributed by atoms with Gasteiger partial charge < -0.3 is 4.74 Å². The van der Waals surface area contributed by atoms with E-state index in [9.17, 15) is 9.00 Å². The van der Waals surface area contributed by atoms with Crippen LogP contribution in [-0.4, -0.2) is 24.0 Å². The average molecular weight is 415 g/mol. The molecule has 0 spiro atoms. The van der Waals surface area contributed by atoms with Crippen LogP contribution in [0.3, 0.4) is 0 Å². The van der Waals surface area contributed by atoms with E-state index >= 15 is 0 Å². The predicted octanol–water partition coefficient (Wildman–Crippen LogP) is 5.86. The lowest BCUT2D eigenvalue weighted by Gasteiger charge is -2.17. The number of carbonyl (C=O) groups excluding carboxylic acids is 1. The van der Waals surface area contributed by atoms with E-state index in [1.54, 1.807) is 18.2 Å². The first-order valence-corrected chi connectivity index (χ1v) is 14.6. The van der Waals surface area contributed by atoms with Gasteiger partial charge in [-0.05, 0) is 50.1 Å². The summed E-state index contributed by atoms with van der Waals surface area (Å²) in [4.78, 5) is 13.5. The van der Waals surface area contributed by atoms with Crippen molar-refractivity contribution in [1.29, 1.82) is 0 Å². The van der Waals surface area contributed by atoms with Crippen LogP contribution >= 0.6 is 0 Å². The molecule has 1 atom stereocenters. The monoisotopic (exact) mass is 414 g/mol. The van der Waals surface area contributed by atoms with Gasteiger partial charge in [-0.15, -0.1) is 0 Å². The average Bonchev–Trinajstić information content (AvgIpc) is 2.64. The van der Waals surface area contributed by atoms with E-state index in [2.05, 4.69) is 25.7 Å². The van der Waals surface area contributed by atoms with Gasteiger partial charge in [0.15, 0.2) is 0 Å². The summed E-state index contributed by atoms with van der Waals surface area (Å²) in [7, 11) is -2.57. The molecule has 0 saturated carbocycles. The molecule has 0 heterocycles. The van der Waals surface area contributed by atoms with E-state index in [-0.39, 0.29) is 0 Å². The number of allylic oxidation sites excluding steroid dienone is 2. The van der Waals surface area contributed by atoms with Crippen molar-refractivity contribution in [2.75, 3.05) is 5.75 Å². The normalized spacial score (nSPS) is 12.3. The molecule has 0 N–H and O–H groups in total. The molecule has 2 aromatic carbocycles. The first-order chi connectivity index (χ1) is 13.2. The molecule has 0 aliphatic heterocycles. The highest BCUT2D eigenvalue weighted by atomic mass is 32.2. The topological polar surface area (TPSA) is 43.4 Å². The minimum Gasteiger partial charge on any atom is -0.423 e. The quantitative estimate of drug-likeness (QED) is 0.235. The van der Waals surface area contributed by atoms with E-state index in [0.717, 1.165) is 11.6 Å². The number of para-hydroxylation sites is 1. The molecule has 150 valence electrons. The van der Waals surface area contributed by atoms with Crippen LogP contribution in [0, 0.1) is 0 Å². The van der Waals surface area contributed by atoms with Crippen molar-refractivity contribution in [3.8, 4) is 5.75 Å². The van der Waals surface area contributed by atoms with Gasteiger partial charge in [0.05, 0.1) is 21.3 Å². The van der Waals surface area contributed by atoms with Gasteiger partial charge in [-0.25, -0.2) is 4.79 Å². The van der Waals surface area contributed by atoms with Crippen molar-refractivity contribution in [3.05, 3.63) is 71.3 Å². The SMILES string of the molecule is CC(C)=CCc1cccc(C(=O)Oc2ccccc2)c1S(=O)CC[Si](C)(C)C. The van der Waals surface area contributed by atoms with Crippen molar-refractivity contribution in [1.82, 2.24) is 0 Å². The zero-order valence-electron chi connectivity index (χ0n) is 17.5. The third-order valence-electron chi connectivity index (χ3n) is 4.27. The fraction of sp³-hybridized carbons (Fsp3) is 0.348. The van der Waals surface area contributed by atoms with Crippen LogP contribution in [0.4, 0.5) is 0 Å². The van der Waals surface area contributed by atoms with Gasteiger partial charge in [0.2, 0.25) is 0 Å². The number of ether oxygens (including phenoxy) is 1. The molecule has 0 amide bonds. The molecule has 0 fully saturated rings. The maximum Gasteiger partial charge on any atom is 0.344 e. The van der Waals surface area contributed by atoms with Gasteiger partial charge in [-0.2, -0.15) is 0 Å². The van der Waals surface area contributed by atoms with Crippen molar-refractivity contribution < 1.29 is 13.7 Å². The van der Waals surface area contributed by atoms with Crippen LogP contribution in [0.2, 0.25) is 25.7 Å². The lowest BCUT2D eigenvalue weighted by atomic mass is 10.1. The Morgan fingerprint density at radius 3 is 2.32 bits per heavy atom. The van der Waals surface area contributed by atoms with E-state index < -0.39 is 24.8 Å². The Bertz CT molecular complexity index is 863. The molecule has 0 aliphatic rings. The predicted molar refractivity (Wildman–Crippen MR) is 120 cm³/mol. The first kappa shape index (κ1) is 22.3. The molecule has 3 nitrogen and oxygen atoms in total. The lowest BCUT2D eigenvalue weighted by Crippen LogP contribution is -2.23. The molecule has 0 aromatic heterocycles. The van der Waals surface area contributed by atoms with Gasteiger partial charge in [0.25, 0.3) is 0 Å². The van der Waals surface area contributed by atoms with Crippen molar-refractivity contribution >= 4 is 24.8 Å². The minimum absolute atomic E-state index is 0.400. The van der Waals surface area contributed by atoms with Crippen LogP contribution in [-0.2, 0) is 17.2 Å². The summed E-state index contributed by atoms with van der Waals surface area (Å²) >= 11 is 0. The fourth-order valence-electron chi connectivity index (χ4n) is 2.64. The molecule has 0 radical (unpaired) electrons. The van der Waals surface area contributed by atoms with E-state index in [1.807, 2.05) is 44.2 Å². The van der Waals surface area contributed by atoms with Crippen LogP contribution in [0.5, 0.6) is 5.75 Å². The van der Waals surface area contributed by atoms with Gasteiger partial charge in [-0.1, -0.05) is 61.6 Å². The molecule has 0 aliphatic carbocycles. The molecule has 0 bridgehead atoms. The molecule has 2 rings (SSSR count). The standard InChI is InChI=1S/C23H30O3SSi/c1-18(2)14-15-19-10-9-13-21(22(19)27(25)16-17-28(3,4)5)23(24)26-20-11-7-6-8-12-20/h6-14H,15-17H2,1-5H3. The van der Waals surface area contributed by atoms with Crippen molar-refractivity contribution in [2.24, 2.45) is 0 Å². The van der Waals surface area contributed by atoms with Gasteiger partial charge in [0, 0.05) is 13.8 Å². The Labute approximate surface area is 172 Å². The zero-order valence-corrected chi connectivity index (χ0v) is 19.3. The minimum atomic E-state index is -1.33. The molecule has 0 saturated heterocycles.